The van der Waals surface area contributed by atoms with Crippen LogP contribution in [0.5, 0.6) is 0 Å². The molecule has 0 aromatic heterocycles. The van der Waals surface area contributed by atoms with E-state index in [1.54, 1.807) is 69.5 Å². The molecule has 8 atom stereocenters. The Balaban J connectivity index is 3.22. The number of terminal acetylenes is 1. The molecule has 0 aromatic rings. The summed E-state index contributed by atoms with van der Waals surface area (Å²) in [4.78, 5) is 99.8. The number of ether oxygens (including phenoxy) is 3. The fraction of sp³-hybridized carbons (Fsp3) is 0.800. The number of carbonyl (C=O) groups is 7. The molecule has 60 heavy (non-hydrogen) atoms. The Hall–Kier alpha value is -4.19. The Bertz CT molecular complexity index is 1480. The maximum Gasteiger partial charge on any atom is 0.329 e. The van der Waals surface area contributed by atoms with Crippen molar-refractivity contribution in [2.45, 2.75) is 169 Å². The van der Waals surface area contributed by atoms with Gasteiger partial charge >= 0.3 is 11.9 Å². The van der Waals surface area contributed by atoms with E-state index in [0.29, 0.717) is 45.1 Å². The van der Waals surface area contributed by atoms with Crippen LogP contribution in [0.15, 0.2) is 0 Å². The summed E-state index contributed by atoms with van der Waals surface area (Å²) in [5.74, 6) is -2.99. The van der Waals surface area contributed by atoms with Crippen LogP contribution in [0.1, 0.15) is 127 Å². The van der Waals surface area contributed by atoms with Crippen LogP contribution < -0.4 is 10.6 Å². The Morgan fingerprint density at radius 1 is 0.783 bits per heavy atom. The first-order chi connectivity index (χ1) is 28.1. The van der Waals surface area contributed by atoms with Crippen LogP contribution in [0.3, 0.4) is 0 Å². The van der Waals surface area contributed by atoms with Gasteiger partial charge < -0.3 is 39.5 Å². The van der Waals surface area contributed by atoms with Crippen LogP contribution in [0.2, 0.25) is 0 Å². The normalized spacial score (nSPS) is 17.6. The molecule has 0 aromatic carbocycles. The zero-order valence-corrected chi connectivity index (χ0v) is 39.0. The quantitative estimate of drug-likeness (QED) is 0.0763. The van der Waals surface area contributed by atoms with Gasteiger partial charge in [-0.2, -0.15) is 0 Å². The van der Waals surface area contributed by atoms with E-state index in [2.05, 4.69) is 16.6 Å². The molecule has 342 valence electrons. The van der Waals surface area contributed by atoms with E-state index < -0.39 is 95.6 Å². The molecular formula is C45H77N5O10. The summed E-state index contributed by atoms with van der Waals surface area (Å²) in [5.41, 5.74) is 0. The predicted octanol–water partition coefficient (Wildman–Crippen LogP) is 4.34. The molecule has 0 radical (unpaired) electrons. The molecule has 1 saturated heterocycles. The Labute approximate surface area is 360 Å². The number of carbonyl (C=O) groups excluding carboxylic acids is 7. The van der Waals surface area contributed by atoms with Gasteiger partial charge in [0.25, 0.3) is 5.91 Å². The second-order valence-electron chi connectivity index (χ2n) is 17.6. The molecule has 2 N–H and O–H groups in total. The fourth-order valence-corrected chi connectivity index (χ4v) is 7.67. The van der Waals surface area contributed by atoms with Crippen molar-refractivity contribution in [3.63, 3.8) is 0 Å². The van der Waals surface area contributed by atoms with Crippen molar-refractivity contribution < 1.29 is 47.8 Å². The van der Waals surface area contributed by atoms with Gasteiger partial charge in [-0.05, 0) is 68.1 Å². The molecule has 1 rings (SSSR count). The largest absolute Gasteiger partial charge is 0.467 e. The summed E-state index contributed by atoms with van der Waals surface area (Å²) in [6, 6.07) is -4.90. The van der Waals surface area contributed by atoms with Crippen molar-refractivity contribution in [3.8, 4) is 12.3 Å². The minimum atomic E-state index is -1.21. The topological polar surface area (TPSA) is 181 Å². The lowest BCUT2D eigenvalue weighted by molar-refractivity contribution is -0.172. The molecule has 0 bridgehead atoms. The summed E-state index contributed by atoms with van der Waals surface area (Å²) in [5, 5.41) is 5.73. The highest BCUT2D eigenvalue weighted by molar-refractivity contribution is 5.96. The van der Waals surface area contributed by atoms with Crippen LogP contribution in [-0.4, -0.2) is 133 Å². The summed E-state index contributed by atoms with van der Waals surface area (Å²) < 4.78 is 16.3. The maximum absolute atomic E-state index is 14.2. The fourth-order valence-electron chi connectivity index (χ4n) is 7.67. The molecule has 0 spiro atoms. The summed E-state index contributed by atoms with van der Waals surface area (Å²) in [7, 11) is 5.96. The van der Waals surface area contributed by atoms with Gasteiger partial charge in [0.1, 0.15) is 30.2 Å². The monoisotopic (exact) mass is 848 g/mol. The third-order valence-corrected chi connectivity index (χ3v) is 11.6. The van der Waals surface area contributed by atoms with Gasteiger partial charge in [0, 0.05) is 40.6 Å². The SMILES string of the molecule is C#CCCC[C@@H](CCCC(=O)N(C)[C@H](C(=O)N[C@H](C(=O)N[C@H](C(=O)N(C)[C@H](C(=O)O[C@H](C(=O)N1CCC[C@H]1C(=O)OC)C(C)C)C(C)C)C(C)C)C(C)C)[C@@H](C)CC)OC. The van der Waals surface area contributed by atoms with Gasteiger partial charge in [-0.1, -0.05) is 75.7 Å². The average molecular weight is 848 g/mol. The first-order valence-corrected chi connectivity index (χ1v) is 21.8. The van der Waals surface area contributed by atoms with E-state index in [0.717, 1.165) is 12.8 Å². The van der Waals surface area contributed by atoms with Gasteiger partial charge in [-0.3, -0.25) is 24.0 Å². The predicted molar refractivity (Wildman–Crippen MR) is 230 cm³/mol. The maximum atomic E-state index is 14.2. The third-order valence-electron chi connectivity index (χ3n) is 11.6. The number of likely N-dealkylation sites (tertiary alicyclic amines) is 1. The number of methoxy groups -OCH3 is 2. The molecule has 5 amide bonds. The number of unbranched alkanes of at least 4 members (excludes halogenated alkanes) is 1. The molecule has 1 heterocycles. The highest BCUT2D eigenvalue weighted by Crippen LogP contribution is 2.25. The van der Waals surface area contributed by atoms with Gasteiger partial charge in [0.15, 0.2) is 6.10 Å². The zero-order valence-electron chi connectivity index (χ0n) is 39.0. The van der Waals surface area contributed by atoms with Crippen molar-refractivity contribution in [2.75, 3.05) is 34.9 Å². The smallest absolute Gasteiger partial charge is 0.329 e. The average Bonchev–Trinajstić information content (AvgIpc) is 3.69. The first kappa shape index (κ1) is 53.8. The minimum Gasteiger partial charge on any atom is -0.467 e. The van der Waals surface area contributed by atoms with Crippen molar-refractivity contribution in [1.29, 1.82) is 0 Å². The minimum absolute atomic E-state index is 0.0155. The van der Waals surface area contributed by atoms with E-state index in [1.807, 2.05) is 13.8 Å². The van der Waals surface area contributed by atoms with Crippen LogP contribution in [0, 0.1) is 41.9 Å². The number of nitrogens with one attached hydrogen (secondary N) is 2. The summed E-state index contributed by atoms with van der Waals surface area (Å²) >= 11 is 0. The van der Waals surface area contributed by atoms with Gasteiger partial charge in [0.05, 0.1) is 13.2 Å². The molecule has 1 aliphatic heterocycles. The van der Waals surface area contributed by atoms with Gasteiger partial charge in [0.2, 0.25) is 23.6 Å². The Morgan fingerprint density at radius 3 is 1.87 bits per heavy atom. The van der Waals surface area contributed by atoms with Crippen LogP contribution in [-0.2, 0) is 47.8 Å². The third kappa shape index (κ3) is 15.4. The molecule has 15 heteroatoms. The highest BCUT2D eigenvalue weighted by Gasteiger charge is 2.43. The summed E-state index contributed by atoms with van der Waals surface area (Å²) in [6.07, 6.45) is 9.55. The van der Waals surface area contributed by atoms with E-state index in [4.69, 9.17) is 20.6 Å². The lowest BCUT2D eigenvalue weighted by Gasteiger charge is -2.36. The molecule has 15 nitrogen and oxygen atoms in total. The standard InChI is InChI=1S/C45H77N5O10/c1-16-18-19-22-32(58-14)23-20-25-34(51)48(12)38(31(11)17-2)41(53)46-35(27(3)4)40(52)47-36(28(5)6)42(54)49(13)37(29(7)8)45(57)60-39(30(9)10)43(55)50-26-21-24-33(50)44(56)59-15/h1,27-33,35-39H,17-26H2,2-15H3,(H,46,53)(H,47,52)/t31-,32-,33-,35-,36-,37-,38-,39-/m0/s1. The van der Waals surface area contributed by atoms with Gasteiger partial charge in [-0.15, -0.1) is 12.3 Å². The molecule has 1 aliphatic rings. The van der Waals surface area contributed by atoms with Crippen molar-refractivity contribution in [3.05, 3.63) is 0 Å². The van der Waals surface area contributed by atoms with E-state index in [1.165, 1.54) is 28.9 Å². The number of hydrogen-bond acceptors (Lipinski definition) is 10. The number of likely N-dealkylation sites (N-methyl/N-ethyl adjacent to an activating group) is 2. The molecule has 1 fully saturated rings. The van der Waals surface area contributed by atoms with E-state index in [9.17, 15) is 33.6 Å². The number of amides is 5. The first-order valence-electron chi connectivity index (χ1n) is 21.8. The zero-order chi connectivity index (χ0) is 46.0. The van der Waals surface area contributed by atoms with E-state index >= 15 is 0 Å². The van der Waals surface area contributed by atoms with Crippen LogP contribution in [0.25, 0.3) is 0 Å². The van der Waals surface area contributed by atoms with Crippen LogP contribution >= 0.6 is 0 Å². The van der Waals surface area contributed by atoms with Crippen molar-refractivity contribution in [2.24, 2.45) is 29.6 Å². The Morgan fingerprint density at radius 2 is 1.37 bits per heavy atom. The van der Waals surface area contributed by atoms with Gasteiger partial charge in [-0.25, -0.2) is 9.59 Å². The second kappa shape index (κ2) is 26.2. The molecule has 0 unspecified atom stereocenters. The second-order valence-corrected chi connectivity index (χ2v) is 17.6. The number of hydrogen-bond donors (Lipinski definition) is 2. The number of nitrogens with zero attached hydrogens (tertiary/aromatic N) is 3. The van der Waals surface area contributed by atoms with Crippen molar-refractivity contribution in [1.82, 2.24) is 25.3 Å². The molecule has 0 saturated carbocycles. The molecular weight excluding hydrogens is 771 g/mol. The Kier molecular flexibility index (Phi) is 23.5. The van der Waals surface area contributed by atoms with Crippen molar-refractivity contribution >= 4 is 41.5 Å². The number of esters is 2. The lowest BCUT2D eigenvalue weighted by atomic mass is 9.94. The lowest BCUT2D eigenvalue weighted by Crippen LogP contribution is -2.61. The summed E-state index contributed by atoms with van der Waals surface area (Å²) in [6.45, 7) is 18.2. The van der Waals surface area contributed by atoms with Crippen LogP contribution in [0.4, 0.5) is 0 Å². The number of rotatable bonds is 25. The molecule has 0 aliphatic carbocycles. The highest BCUT2D eigenvalue weighted by atomic mass is 16.6. The van der Waals surface area contributed by atoms with E-state index in [-0.39, 0.29) is 24.3 Å².